The minimum Gasteiger partial charge on any atom is -0.301 e. The molecule has 1 heterocycles. The van der Waals surface area contributed by atoms with Gasteiger partial charge in [0.15, 0.2) is 0 Å². The summed E-state index contributed by atoms with van der Waals surface area (Å²) in [6.07, 6.45) is 6.94. The molecule has 12 heavy (non-hydrogen) atoms. The standard InChI is InChI=1S/C10H20BrN/c1-10-6-5-9-12(10)8-4-2-3-7-11/h10H,2-9H2,1H3. The van der Waals surface area contributed by atoms with Crippen molar-refractivity contribution in [3.8, 4) is 0 Å². The van der Waals surface area contributed by atoms with Crippen molar-refractivity contribution < 1.29 is 0 Å². The molecule has 0 aromatic carbocycles. The number of nitrogens with zero attached hydrogens (tertiary/aromatic N) is 1. The highest BCUT2D eigenvalue weighted by molar-refractivity contribution is 9.09. The van der Waals surface area contributed by atoms with E-state index in [1.807, 2.05) is 0 Å². The van der Waals surface area contributed by atoms with Crippen molar-refractivity contribution in [1.82, 2.24) is 4.90 Å². The molecule has 72 valence electrons. The second-order valence-corrected chi connectivity index (χ2v) is 4.57. The molecule has 2 heteroatoms. The van der Waals surface area contributed by atoms with Gasteiger partial charge in [-0.05, 0) is 45.7 Å². The zero-order valence-electron chi connectivity index (χ0n) is 8.06. The molecule has 1 unspecified atom stereocenters. The van der Waals surface area contributed by atoms with Gasteiger partial charge in [0.1, 0.15) is 0 Å². The number of rotatable bonds is 5. The molecule has 1 aliphatic heterocycles. The highest BCUT2D eigenvalue weighted by Crippen LogP contribution is 2.16. The molecular formula is C10H20BrN. The van der Waals surface area contributed by atoms with Crippen LogP contribution in [0.4, 0.5) is 0 Å². The van der Waals surface area contributed by atoms with Gasteiger partial charge >= 0.3 is 0 Å². The fourth-order valence-corrected chi connectivity index (χ4v) is 2.31. The van der Waals surface area contributed by atoms with Crippen molar-refractivity contribution in [1.29, 1.82) is 0 Å². The number of likely N-dealkylation sites (tertiary alicyclic amines) is 1. The topological polar surface area (TPSA) is 3.24 Å². The summed E-state index contributed by atoms with van der Waals surface area (Å²) < 4.78 is 0. The maximum absolute atomic E-state index is 3.46. The molecule has 1 nitrogen and oxygen atoms in total. The molecule has 1 saturated heterocycles. The SMILES string of the molecule is CC1CCCN1CCCCCBr. The molecule has 0 aromatic rings. The zero-order valence-corrected chi connectivity index (χ0v) is 9.65. The van der Waals surface area contributed by atoms with Crippen LogP contribution in [0.3, 0.4) is 0 Å². The molecule has 0 N–H and O–H groups in total. The quantitative estimate of drug-likeness (QED) is 0.522. The predicted octanol–water partition coefficient (Wildman–Crippen LogP) is 3.04. The molecule has 0 saturated carbocycles. The van der Waals surface area contributed by atoms with Crippen LogP contribution in [0.1, 0.15) is 39.0 Å². The monoisotopic (exact) mass is 233 g/mol. The fraction of sp³-hybridized carbons (Fsp3) is 1.00. The Kier molecular flexibility index (Phi) is 5.24. The van der Waals surface area contributed by atoms with Crippen molar-refractivity contribution in [2.75, 3.05) is 18.4 Å². The molecule has 0 amide bonds. The van der Waals surface area contributed by atoms with Crippen LogP contribution in [0.25, 0.3) is 0 Å². The van der Waals surface area contributed by atoms with Crippen LogP contribution in [-0.4, -0.2) is 29.4 Å². The Labute approximate surface area is 84.6 Å². The molecule has 0 radical (unpaired) electrons. The highest BCUT2D eigenvalue weighted by Gasteiger charge is 2.18. The van der Waals surface area contributed by atoms with Gasteiger partial charge < -0.3 is 4.90 Å². The lowest BCUT2D eigenvalue weighted by atomic mass is 10.2. The molecule has 0 bridgehead atoms. The molecule has 1 fully saturated rings. The third-order valence-corrected chi connectivity index (χ3v) is 3.33. The van der Waals surface area contributed by atoms with Crippen LogP contribution in [0.2, 0.25) is 0 Å². The van der Waals surface area contributed by atoms with E-state index in [2.05, 4.69) is 27.8 Å². The number of hydrogen-bond donors (Lipinski definition) is 0. The van der Waals surface area contributed by atoms with Crippen LogP contribution < -0.4 is 0 Å². The second-order valence-electron chi connectivity index (χ2n) is 3.78. The van der Waals surface area contributed by atoms with Gasteiger partial charge in [0, 0.05) is 11.4 Å². The van der Waals surface area contributed by atoms with Gasteiger partial charge in [-0.15, -0.1) is 0 Å². The van der Waals surface area contributed by atoms with Gasteiger partial charge in [0.25, 0.3) is 0 Å². The lowest BCUT2D eigenvalue weighted by Crippen LogP contribution is -2.27. The first kappa shape index (κ1) is 10.5. The van der Waals surface area contributed by atoms with E-state index >= 15 is 0 Å². The Morgan fingerprint density at radius 3 is 2.75 bits per heavy atom. The van der Waals surface area contributed by atoms with Gasteiger partial charge in [-0.1, -0.05) is 22.4 Å². The van der Waals surface area contributed by atoms with Crippen LogP contribution in [0.15, 0.2) is 0 Å². The number of alkyl halides is 1. The Hall–Kier alpha value is 0.440. The summed E-state index contributed by atoms with van der Waals surface area (Å²) >= 11 is 3.46. The first-order chi connectivity index (χ1) is 5.84. The maximum atomic E-state index is 3.46. The summed E-state index contributed by atoms with van der Waals surface area (Å²) in [5, 5.41) is 1.17. The summed E-state index contributed by atoms with van der Waals surface area (Å²) in [5.74, 6) is 0. The van der Waals surface area contributed by atoms with Gasteiger partial charge in [0.2, 0.25) is 0 Å². The lowest BCUT2D eigenvalue weighted by molar-refractivity contribution is 0.263. The summed E-state index contributed by atoms with van der Waals surface area (Å²) in [4.78, 5) is 2.63. The van der Waals surface area contributed by atoms with E-state index in [4.69, 9.17) is 0 Å². The first-order valence-corrected chi connectivity index (χ1v) is 6.26. The normalized spacial score (nSPS) is 25.0. The Morgan fingerprint density at radius 2 is 2.17 bits per heavy atom. The van der Waals surface area contributed by atoms with Crippen LogP contribution >= 0.6 is 15.9 Å². The highest BCUT2D eigenvalue weighted by atomic mass is 79.9. The summed E-state index contributed by atoms with van der Waals surface area (Å²) in [7, 11) is 0. The van der Waals surface area contributed by atoms with Gasteiger partial charge in [-0.25, -0.2) is 0 Å². The number of unbranched alkanes of at least 4 members (excludes halogenated alkanes) is 2. The molecule has 1 rings (SSSR count). The number of halogens is 1. The molecular weight excluding hydrogens is 214 g/mol. The van der Waals surface area contributed by atoms with E-state index < -0.39 is 0 Å². The minimum atomic E-state index is 0.856. The van der Waals surface area contributed by atoms with Crippen LogP contribution in [0, 0.1) is 0 Å². The van der Waals surface area contributed by atoms with Crippen molar-refractivity contribution in [3.63, 3.8) is 0 Å². The van der Waals surface area contributed by atoms with Crippen LogP contribution in [-0.2, 0) is 0 Å². The molecule has 0 spiro atoms. The van der Waals surface area contributed by atoms with E-state index in [-0.39, 0.29) is 0 Å². The smallest absolute Gasteiger partial charge is 0.00674 e. The summed E-state index contributed by atoms with van der Waals surface area (Å²) in [6.45, 7) is 5.03. The largest absolute Gasteiger partial charge is 0.301 e. The summed E-state index contributed by atoms with van der Waals surface area (Å²) in [6, 6.07) is 0.856. The summed E-state index contributed by atoms with van der Waals surface area (Å²) in [5.41, 5.74) is 0. The van der Waals surface area contributed by atoms with Crippen molar-refractivity contribution in [3.05, 3.63) is 0 Å². The van der Waals surface area contributed by atoms with Gasteiger partial charge in [0.05, 0.1) is 0 Å². The van der Waals surface area contributed by atoms with Crippen molar-refractivity contribution in [2.24, 2.45) is 0 Å². The Balaban J connectivity index is 1.98. The molecule has 0 aliphatic carbocycles. The van der Waals surface area contributed by atoms with E-state index in [1.165, 1.54) is 50.5 Å². The van der Waals surface area contributed by atoms with E-state index in [1.54, 1.807) is 0 Å². The zero-order chi connectivity index (χ0) is 8.81. The van der Waals surface area contributed by atoms with E-state index in [0.717, 1.165) is 6.04 Å². The van der Waals surface area contributed by atoms with Crippen molar-refractivity contribution >= 4 is 15.9 Å². The maximum Gasteiger partial charge on any atom is 0.00674 e. The third-order valence-electron chi connectivity index (χ3n) is 2.77. The third kappa shape index (κ3) is 3.44. The predicted molar refractivity (Wildman–Crippen MR) is 57.9 cm³/mol. The minimum absolute atomic E-state index is 0.856. The lowest BCUT2D eigenvalue weighted by Gasteiger charge is -2.20. The molecule has 0 aromatic heterocycles. The van der Waals surface area contributed by atoms with Crippen molar-refractivity contribution in [2.45, 2.75) is 45.1 Å². The van der Waals surface area contributed by atoms with Gasteiger partial charge in [-0.3, -0.25) is 0 Å². The average molecular weight is 234 g/mol. The molecule has 1 atom stereocenters. The fourth-order valence-electron chi connectivity index (χ4n) is 1.91. The van der Waals surface area contributed by atoms with Crippen LogP contribution in [0.5, 0.6) is 0 Å². The van der Waals surface area contributed by atoms with Gasteiger partial charge in [-0.2, -0.15) is 0 Å². The molecule has 1 aliphatic rings. The Morgan fingerprint density at radius 1 is 1.33 bits per heavy atom. The second kappa shape index (κ2) is 5.98. The first-order valence-electron chi connectivity index (χ1n) is 5.14. The Bertz CT molecular complexity index is 116. The number of hydrogen-bond acceptors (Lipinski definition) is 1. The average Bonchev–Trinajstić information content (AvgIpc) is 2.46. The van der Waals surface area contributed by atoms with E-state index in [9.17, 15) is 0 Å². The van der Waals surface area contributed by atoms with E-state index in [0.29, 0.717) is 0 Å².